The first kappa shape index (κ1) is 19.6. The average Bonchev–Trinajstić information content (AvgIpc) is 2.54. The van der Waals surface area contributed by atoms with Gasteiger partial charge in [0.25, 0.3) is 5.91 Å². The molecule has 0 aliphatic heterocycles. The standard InChI is InChI=1S/C17H23NO6/c1-4-24-13(19)10-11(2)14(17(21)22)18-16(20)15(23-3)12-8-6-5-7-9-12/h5-9,11,14-15H,4,10H2,1-3H3,(H,18,20)(H,21,22)/t11-,14+,15+/m1/s1. The third kappa shape index (κ3) is 5.66. The molecule has 7 nitrogen and oxygen atoms in total. The Morgan fingerprint density at radius 1 is 1.21 bits per heavy atom. The second kappa shape index (κ2) is 9.67. The van der Waals surface area contributed by atoms with Gasteiger partial charge in [0.15, 0.2) is 6.10 Å². The largest absolute Gasteiger partial charge is 0.480 e. The van der Waals surface area contributed by atoms with Crippen LogP contribution in [0.2, 0.25) is 0 Å². The van der Waals surface area contributed by atoms with E-state index in [2.05, 4.69) is 5.32 Å². The second-order valence-corrected chi connectivity index (χ2v) is 5.34. The van der Waals surface area contributed by atoms with E-state index in [-0.39, 0.29) is 13.0 Å². The highest BCUT2D eigenvalue weighted by atomic mass is 16.5. The Balaban J connectivity index is 2.81. The molecule has 0 fully saturated rings. The number of esters is 1. The molecule has 3 atom stereocenters. The smallest absolute Gasteiger partial charge is 0.326 e. The fourth-order valence-electron chi connectivity index (χ4n) is 2.30. The van der Waals surface area contributed by atoms with Crippen LogP contribution < -0.4 is 5.32 Å². The fraction of sp³-hybridized carbons (Fsp3) is 0.471. The minimum absolute atomic E-state index is 0.103. The Hall–Kier alpha value is -2.41. The van der Waals surface area contributed by atoms with Crippen LogP contribution in [0.15, 0.2) is 30.3 Å². The lowest BCUT2D eigenvalue weighted by molar-refractivity contribution is -0.148. The zero-order chi connectivity index (χ0) is 18.1. The van der Waals surface area contributed by atoms with E-state index in [0.29, 0.717) is 5.56 Å². The van der Waals surface area contributed by atoms with Gasteiger partial charge in [0.2, 0.25) is 0 Å². The summed E-state index contributed by atoms with van der Waals surface area (Å²) in [7, 11) is 1.37. The Labute approximate surface area is 141 Å². The van der Waals surface area contributed by atoms with Gasteiger partial charge in [-0.2, -0.15) is 0 Å². The highest BCUT2D eigenvalue weighted by Gasteiger charge is 2.31. The monoisotopic (exact) mass is 337 g/mol. The van der Waals surface area contributed by atoms with Crippen molar-refractivity contribution in [1.82, 2.24) is 5.32 Å². The Morgan fingerprint density at radius 2 is 1.83 bits per heavy atom. The summed E-state index contributed by atoms with van der Waals surface area (Å²) in [5.74, 6) is -2.93. The number of ether oxygens (including phenoxy) is 2. The molecule has 2 N–H and O–H groups in total. The van der Waals surface area contributed by atoms with Crippen LogP contribution in [0.4, 0.5) is 0 Å². The molecule has 0 radical (unpaired) electrons. The molecule has 1 aromatic carbocycles. The van der Waals surface area contributed by atoms with Gasteiger partial charge < -0.3 is 19.9 Å². The SMILES string of the molecule is CCOC(=O)C[C@@H](C)[C@H](NC(=O)[C@@H](OC)c1ccccc1)C(=O)O. The molecule has 1 aromatic rings. The molecule has 0 spiro atoms. The summed E-state index contributed by atoms with van der Waals surface area (Å²) in [6.45, 7) is 3.46. The second-order valence-electron chi connectivity index (χ2n) is 5.34. The van der Waals surface area contributed by atoms with E-state index in [9.17, 15) is 19.5 Å². The van der Waals surface area contributed by atoms with E-state index in [1.54, 1.807) is 44.2 Å². The number of hydrogen-bond acceptors (Lipinski definition) is 5. The lowest BCUT2D eigenvalue weighted by Crippen LogP contribution is -2.47. The average molecular weight is 337 g/mol. The summed E-state index contributed by atoms with van der Waals surface area (Å²) in [6.07, 6.45) is -1.03. The maximum Gasteiger partial charge on any atom is 0.326 e. The molecule has 0 aliphatic rings. The number of carboxylic acids is 1. The van der Waals surface area contributed by atoms with Gasteiger partial charge in [-0.1, -0.05) is 37.3 Å². The molecule has 0 bridgehead atoms. The van der Waals surface area contributed by atoms with E-state index in [1.165, 1.54) is 7.11 Å². The molecule has 132 valence electrons. The topological polar surface area (TPSA) is 102 Å². The summed E-state index contributed by atoms with van der Waals surface area (Å²) in [4.78, 5) is 35.4. The number of benzene rings is 1. The number of amides is 1. The lowest BCUT2D eigenvalue weighted by Gasteiger charge is -2.23. The van der Waals surface area contributed by atoms with Gasteiger partial charge in [0.05, 0.1) is 13.0 Å². The van der Waals surface area contributed by atoms with Crippen LogP contribution in [0.5, 0.6) is 0 Å². The van der Waals surface area contributed by atoms with Gasteiger partial charge in [-0.25, -0.2) is 4.79 Å². The van der Waals surface area contributed by atoms with E-state index < -0.39 is 35.9 Å². The molecule has 0 aromatic heterocycles. The summed E-state index contributed by atoms with van der Waals surface area (Å²) in [5.41, 5.74) is 0.611. The van der Waals surface area contributed by atoms with Crippen LogP contribution >= 0.6 is 0 Å². The molecule has 1 rings (SSSR count). The first-order chi connectivity index (χ1) is 11.4. The van der Waals surface area contributed by atoms with Crippen molar-refractivity contribution in [3.8, 4) is 0 Å². The van der Waals surface area contributed by atoms with Crippen molar-refractivity contribution in [3.05, 3.63) is 35.9 Å². The molecule has 7 heteroatoms. The zero-order valence-electron chi connectivity index (χ0n) is 14.0. The van der Waals surface area contributed by atoms with Crippen LogP contribution in [0.3, 0.4) is 0 Å². The van der Waals surface area contributed by atoms with E-state index in [1.807, 2.05) is 0 Å². The van der Waals surface area contributed by atoms with E-state index in [4.69, 9.17) is 9.47 Å². The van der Waals surface area contributed by atoms with Crippen molar-refractivity contribution in [2.45, 2.75) is 32.4 Å². The summed E-state index contributed by atoms with van der Waals surface area (Å²) in [6, 6.07) is 7.52. The number of aliphatic carboxylic acids is 1. The third-order valence-corrected chi connectivity index (χ3v) is 3.50. The molecular weight excluding hydrogens is 314 g/mol. The van der Waals surface area contributed by atoms with Crippen molar-refractivity contribution in [2.24, 2.45) is 5.92 Å². The molecule has 0 aliphatic carbocycles. The molecule has 0 saturated carbocycles. The van der Waals surface area contributed by atoms with E-state index in [0.717, 1.165) is 0 Å². The minimum atomic E-state index is -1.22. The normalized spacial score (nSPS) is 14.3. The van der Waals surface area contributed by atoms with Gasteiger partial charge in [0.1, 0.15) is 6.04 Å². The third-order valence-electron chi connectivity index (χ3n) is 3.50. The van der Waals surface area contributed by atoms with Crippen molar-refractivity contribution in [2.75, 3.05) is 13.7 Å². The Morgan fingerprint density at radius 3 is 2.33 bits per heavy atom. The highest BCUT2D eigenvalue weighted by Crippen LogP contribution is 2.18. The zero-order valence-corrected chi connectivity index (χ0v) is 14.0. The van der Waals surface area contributed by atoms with Gasteiger partial charge in [0, 0.05) is 7.11 Å². The van der Waals surface area contributed by atoms with Crippen LogP contribution in [0, 0.1) is 5.92 Å². The number of carbonyl (C=O) groups is 3. The van der Waals surface area contributed by atoms with Gasteiger partial charge in [-0.3, -0.25) is 9.59 Å². The van der Waals surface area contributed by atoms with Crippen LogP contribution in [0.1, 0.15) is 31.9 Å². The van der Waals surface area contributed by atoms with Crippen molar-refractivity contribution in [3.63, 3.8) is 0 Å². The Kier molecular flexibility index (Phi) is 7.91. The van der Waals surface area contributed by atoms with Gasteiger partial charge >= 0.3 is 11.9 Å². The first-order valence-electron chi connectivity index (χ1n) is 7.67. The fourth-order valence-corrected chi connectivity index (χ4v) is 2.30. The first-order valence-corrected chi connectivity index (χ1v) is 7.67. The minimum Gasteiger partial charge on any atom is -0.480 e. The van der Waals surface area contributed by atoms with Gasteiger partial charge in [-0.15, -0.1) is 0 Å². The number of nitrogens with one attached hydrogen (secondary N) is 1. The number of rotatable bonds is 9. The van der Waals surface area contributed by atoms with Crippen LogP contribution in [-0.2, 0) is 23.9 Å². The quantitative estimate of drug-likeness (QED) is 0.663. The summed E-state index contributed by atoms with van der Waals surface area (Å²) >= 11 is 0. The number of hydrogen-bond donors (Lipinski definition) is 2. The maximum atomic E-state index is 12.4. The molecule has 1 amide bonds. The van der Waals surface area contributed by atoms with Crippen molar-refractivity contribution < 1.29 is 29.0 Å². The maximum absolute atomic E-state index is 12.4. The van der Waals surface area contributed by atoms with Crippen molar-refractivity contribution >= 4 is 17.8 Å². The molecule has 0 unspecified atom stereocenters. The highest BCUT2D eigenvalue weighted by molar-refractivity contribution is 5.87. The Bertz CT molecular complexity index is 559. The predicted molar refractivity (Wildman–Crippen MR) is 86.2 cm³/mol. The summed E-state index contributed by atoms with van der Waals surface area (Å²) < 4.78 is 10.00. The van der Waals surface area contributed by atoms with Crippen LogP contribution in [0.25, 0.3) is 0 Å². The molecule has 0 heterocycles. The number of carboxylic acid groups (broad SMARTS) is 1. The molecular formula is C17H23NO6. The predicted octanol–water partition coefficient (Wildman–Crippen LogP) is 1.53. The summed E-state index contributed by atoms with van der Waals surface area (Å²) in [5, 5.41) is 11.8. The van der Waals surface area contributed by atoms with Gasteiger partial charge in [-0.05, 0) is 18.4 Å². The molecule has 0 saturated heterocycles. The number of methoxy groups -OCH3 is 1. The lowest BCUT2D eigenvalue weighted by atomic mass is 9.97. The van der Waals surface area contributed by atoms with E-state index >= 15 is 0 Å². The number of carbonyl (C=O) groups excluding carboxylic acids is 2. The molecule has 24 heavy (non-hydrogen) atoms. The van der Waals surface area contributed by atoms with Crippen molar-refractivity contribution in [1.29, 1.82) is 0 Å². The van der Waals surface area contributed by atoms with Crippen LogP contribution in [-0.4, -0.2) is 42.7 Å².